The molecule has 0 aliphatic carbocycles. The summed E-state index contributed by atoms with van der Waals surface area (Å²) in [5, 5.41) is 15.5. The fourth-order valence-electron chi connectivity index (χ4n) is 2.67. The van der Waals surface area contributed by atoms with Crippen LogP contribution in [0.2, 0.25) is 5.02 Å². The topological polar surface area (TPSA) is 82.0 Å². The molecule has 0 bridgehead atoms. The lowest BCUT2D eigenvalue weighted by Gasteiger charge is -2.23. The van der Waals surface area contributed by atoms with Crippen LogP contribution in [0.25, 0.3) is 0 Å². The van der Waals surface area contributed by atoms with Gasteiger partial charge in [-0.3, -0.25) is 14.5 Å². The maximum atomic E-state index is 12.5. The van der Waals surface area contributed by atoms with Crippen molar-refractivity contribution in [3.05, 3.63) is 41.6 Å². The van der Waals surface area contributed by atoms with Gasteiger partial charge in [-0.1, -0.05) is 30.6 Å². The largest absolute Gasteiger partial charge is 0.411 e. The molecule has 0 saturated carbocycles. The zero-order chi connectivity index (χ0) is 18.4. The Balaban J connectivity index is 2.07. The lowest BCUT2D eigenvalue weighted by atomic mass is 10.0. The van der Waals surface area contributed by atoms with Crippen LogP contribution >= 0.6 is 11.6 Å². The second kappa shape index (κ2) is 8.67. The Labute approximate surface area is 152 Å². The Morgan fingerprint density at radius 3 is 2.76 bits per heavy atom. The van der Waals surface area contributed by atoms with E-state index in [1.165, 1.54) is 11.1 Å². The second-order valence-electron chi connectivity index (χ2n) is 5.97. The van der Waals surface area contributed by atoms with E-state index in [1.54, 1.807) is 30.3 Å². The number of carbonyl (C=O) groups excluding carboxylic acids is 2. The third-order valence-electron chi connectivity index (χ3n) is 4.33. The van der Waals surface area contributed by atoms with Crippen molar-refractivity contribution < 1.29 is 14.8 Å². The number of carbonyl (C=O) groups is 2. The zero-order valence-electron chi connectivity index (χ0n) is 14.3. The number of amides is 2. The molecule has 1 fully saturated rings. The van der Waals surface area contributed by atoms with Crippen LogP contribution in [0.15, 0.2) is 41.7 Å². The van der Waals surface area contributed by atoms with E-state index in [9.17, 15) is 9.59 Å². The molecule has 25 heavy (non-hydrogen) atoms. The highest BCUT2D eigenvalue weighted by Crippen LogP contribution is 2.27. The first-order valence-electron chi connectivity index (χ1n) is 8.24. The van der Waals surface area contributed by atoms with Crippen LogP contribution in [-0.2, 0) is 9.59 Å². The molecule has 6 nitrogen and oxygen atoms in total. The average Bonchev–Trinajstić information content (AvgIpc) is 3.00. The first-order valence-corrected chi connectivity index (χ1v) is 8.62. The third kappa shape index (κ3) is 4.60. The molecule has 134 valence electrons. The fourth-order valence-corrected chi connectivity index (χ4v) is 2.79. The van der Waals surface area contributed by atoms with Crippen molar-refractivity contribution in [1.82, 2.24) is 5.32 Å². The van der Waals surface area contributed by atoms with E-state index < -0.39 is 6.04 Å². The summed E-state index contributed by atoms with van der Waals surface area (Å²) < 4.78 is 0. The van der Waals surface area contributed by atoms with E-state index >= 15 is 0 Å². The number of benzene rings is 1. The summed E-state index contributed by atoms with van der Waals surface area (Å²) in [5.74, 6) is -0.293. The van der Waals surface area contributed by atoms with Crippen molar-refractivity contribution in [3.8, 4) is 0 Å². The molecule has 0 spiro atoms. The Kier molecular flexibility index (Phi) is 6.58. The van der Waals surface area contributed by atoms with E-state index in [1.807, 2.05) is 13.8 Å². The van der Waals surface area contributed by atoms with Crippen LogP contribution in [0.1, 0.15) is 33.1 Å². The molecule has 7 heteroatoms. The molecule has 0 aromatic heterocycles. The lowest BCUT2D eigenvalue weighted by Crippen LogP contribution is -2.43. The van der Waals surface area contributed by atoms with E-state index in [4.69, 9.17) is 16.8 Å². The summed E-state index contributed by atoms with van der Waals surface area (Å²) in [6, 6.07) is 6.25. The first kappa shape index (κ1) is 19.0. The van der Waals surface area contributed by atoms with Crippen molar-refractivity contribution in [2.75, 3.05) is 4.90 Å². The van der Waals surface area contributed by atoms with Crippen LogP contribution in [0.4, 0.5) is 5.69 Å². The van der Waals surface area contributed by atoms with Crippen LogP contribution in [-0.4, -0.2) is 28.8 Å². The maximum Gasteiger partial charge on any atom is 0.247 e. The molecule has 2 N–H and O–H groups in total. The van der Waals surface area contributed by atoms with Crippen LogP contribution < -0.4 is 10.2 Å². The number of hydrogen-bond acceptors (Lipinski definition) is 4. The molecule has 0 radical (unpaired) electrons. The standard InChI is InChI=1S/C18H22ClN3O3/c1-3-12(2)15(21-25)10-11-20-18(24)16-8-9-17(23)22(16)14-6-4-13(19)5-7-14/h4-7,10-12,16,25H,3,8-9H2,1-2H3,(H,20,24)/b11-10+,21-15+/t12?,16-/m0/s1. The van der Waals surface area contributed by atoms with Gasteiger partial charge in [0.15, 0.2) is 0 Å². The number of halogens is 1. The number of nitrogens with one attached hydrogen (secondary N) is 1. The SMILES string of the molecule is CCC(C)C(/C=C/NC(=O)[C@@H]1CCC(=O)N1c1ccc(Cl)cc1)=N/O. The van der Waals surface area contributed by atoms with Gasteiger partial charge in [-0.2, -0.15) is 0 Å². The van der Waals surface area contributed by atoms with Gasteiger partial charge in [0.05, 0.1) is 5.71 Å². The van der Waals surface area contributed by atoms with Gasteiger partial charge in [0.25, 0.3) is 0 Å². The lowest BCUT2D eigenvalue weighted by molar-refractivity contribution is -0.123. The molecule has 2 rings (SSSR count). The van der Waals surface area contributed by atoms with Crippen molar-refractivity contribution in [3.63, 3.8) is 0 Å². The van der Waals surface area contributed by atoms with E-state index in [0.29, 0.717) is 29.3 Å². The van der Waals surface area contributed by atoms with Gasteiger partial charge in [-0.05, 0) is 43.2 Å². The van der Waals surface area contributed by atoms with E-state index in [2.05, 4.69) is 10.5 Å². The summed E-state index contributed by atoms with van der Waals surface area (Å²) in [6.07, 6.45) is 4.61. The van der Waals surface area contributed by atoms with Gasteiger partial charge < -0.3 is 10.5 Å². The van der Waals surface area contributed by atoms with Crippen molar-refractivity contribution in [2.24, 2.45) is 11.1 Å². The molecular weight excluding hydrogens is 342 g/mol. The minimum absolute atomic E-state index is 0.0803. The molecule has 1 heterocycles. The van der Waals surface area contributed by atoms with E-state index in [0.717, 1.165) is 6.42 Å². The van der Waals surface area contributed by atoms with Crippen molar-refractivity contribution in [2.45, 2.75) is 39.2 Å². The highest BCUT2D eigenvalue weighted by atomic mass is 35.5. The predicted octanol–water partition coefficient (Wildman–Crippen LogP) is 3.34. The molecular formula is C18H22ClN3O3. The predicted molar refractivity (Wildman–Crippen MR) is 97.9 cm³/mol. The van der Waals surface area contributed by atoms with Gasteiger partial charge in [0, 0.05) is 29.2 Å². The molecule has 1 unspecified atom stereocenters. The smallest absolute Gasteiger partial charge is 0.247 e. The number of anilines is 1. The summed E-state index contributed by atoms with van der Waals surface area (Å²) >= 11 is 5.88. The minimum atomic E-state index is -0.573. The molecule has 1 aromatic carbocycles. The van der Waals surface area contributed by atoms with Crippen LogP contribution in [0.3, 0.4) is 0 Å². The Bertz CT molecular complexity index is 685. The number of rotatable bonds is 6. The minimum Gasteiger partial charge on any atom is -0.411 e. The summed E-state index contributed by atoms with van der Waals surface area (Å²) in [6.45, 7) is 3.91. The van der Waals surface area contributed by atoms with Crippen LogP contribution in [0.5, 0.6) is 0 Å². The monoisotopic (exact) mass is 363 g/mol. The molecule has 1 aromatic rings. The van der Waals surface area contributed by atoms with Crippen LogP contribution in [0, 0.1) is 5.92 Å². The quantitative estimate of drug-likeness (QED) is 0.462. The second-order valence-corrected chi connectivity index (χ2v) is 6.41. The summed E-state index contributed by atoms with van der Waals surface area (Å²) in [4.78, 5) is 26.1. The summed E-state index contributed by atoms with van der Waals surface area (Å²) in [5.41, 5.74) is 1.13. The van der Waals surface area contributed by atoms with Gasteiger partial charge in [-0.25, -0.2) is 0 Å². The van der Waals surface area contributed by atoms with Gasteiger partial charge in [-0.15, -0.1) is 0 Å². The molecule has 1 aliphatic heterocycles. The number of oxime groups is 1. The fraction of sp³-hybridized carbons (Fsp3) is 0.389. The molecule has 2 atom stereocenters. The Morgan fingerprint density at radius 2 is 2.16 bits per heavy atom. The zero-order valence-corrected chi connectivity index (χ0v) is 15.0. The highest BCUT2D eigenvalue weighted by molar-refractivity contribution is 6.30. The molecule has 1 aliphatic rings. The Hall–Kier alpha value is -2.34. The molecule has 2 amide bonds. The van der Waals surface area contributed by atoms with E-state index in [-0.39, 0.29) is 17.7 Å². The number of hydrogen-bond donors (Lipinski definition) is 2. The average molecular weight is 364 g/mol. The van der Waals surface area contributed by atoms with Gasteiger partial charge >= 0.3 is 0 Å². The highest BCUT2D eigenvalue weighted by Gasteiger charge is 2.36. The van der Waals surface area contributed by atoms with Gasteiger partial charge in [0.2, 0.25) is 11.8 Å². The Morgan fingerprint density at radius 1 is 1.48 bits per heavy atom. The normalized spacial score (nSPS) is 19.5. The number of nitrogens with zero attached hydrogens (tertiary/aromatic N) is 2. The summed E-state index contributed by atoms with van der Waals surface area (Å²) in [7, 11) is 0. The number of allylic oxidation sites excluding steroid dienone is 1. The van der Waals surface area contributed by atoms with Crippen molar-refractivity contribution in [1.29, 1.82) is 0 Å². The maximum absolute atomic E-state index is 12.5. The third-order valence-corrected chi connectivity index (χ3v) is 4.58. The molecule has 1 saturated heterocycles. The first-order chi connectivity index (χ1) is 12.0. The van der Waals surface area contributed by atoms with Gasteiger partial charge in [0.1, 0.15) is 6.04 Å². The van der Waals surface area contributed by atoms with Crippen molar-refractivity contribution >= 4 is 34.8 Å².